The van der Waals surface area contributed by atoms with Crippen LogP contribution in [-0.2, 0) is 21.4 Å². The van der Waals surface area contributed by atoms with E-state index >= 15 is 0 Å². The van der Waals surface area contributed by atoms with Crippen molar-refractivity contribution in [2.24, 2.45) is 0 Å². The van der Waals surface area contributed by atoms with E-state index in [4.69, 9.17) is 23.2 Å². The summed E-state index contributed by atoms with van der Waals surface area (Å²) in [6.45, 7) is 1.57. The number of halogens is 2. The molecule has 0 saturated carbocycles. The largest absolute Gasteiger partial charge is 0.358 e. The van der Waals surface area contributed by atoms with E-state index in [2.05, 4.69) is 5.32 Å². The fraction of sp³-hybridized carbons (Fsp3) is 0.235. The highest BCUT2D eigenvalue weighted by atomic mass is 35.5. The summed E-state index contributed by atoms with van der Waals surface area (Å²) in [6.07, 6.45) is 0. The van der Waals surface area contributed by atoms with E-state index in [1.807, 2.05) is 6.92 Å². The number of carbonyl (C=O) groups is 1. The third-order valence-electron chi connectivity index (χ3n) is 3.60. The maximum absolute atomic E-state index is 12.9. The Kier molecular flexibility index (Phi) is 6.46. The molecule has 0 saturated heterocycles. The minimum atomic E-state index is -3.85. The van der Waals surface area contributed by atoms with E-state index in [1.165, 1.54) is 19.2 Å². The average Bonchev–Trinajstić information content (AvgIpc) is 2.57. The van der Waals surface area contributed by atoms with Crippen LogP contribution in [0.4, 0.5) is 0 Å². The van der Waals surface area contributed by atoms with Crippen LogP contribution in [0.1, 0.15) is 11.1 Å². The van der Waals surface area contributed by atoms with Crippen LogP contribution in [0, 0.1) is 6.92 Å². The maximum atomic E-state index is 12.9. The number of sulfonamides is 1. The average molecular weight is 401 g/mol. The lowest BCUT2D eigenvalue weighted by Crippen LogP contribution is -2.39. The highest BCUT2D eigenvalue weighted by molar-refractivity contribution is 7.89. The predicted molar refractivity (Wildman–Crippen MR) is 99.3 cm³/mol. The van der Waals surface area contributed by atoms with Crippen LogP contribution in [0.2, 0.25) is 10.0 Å². The Bertz CT molecular complexity index is 868. The molecule has 2 rings (SSSR count). The van der Waals surface area contributed by atoms with Gasteiger partial charge in [-0.1, -0.05) is 47.0 Å². The molecule has 134 valence electrons. The molecule has 0 aliphatic carbocycles. The summed E-state index contributed by atoms with van der Waals surface area (Å²) >= 11 is 11.9. The van der Waals surface area contributed by atoms with Crippen molar-refractivity contribution < 1.29 is 13.2 Å². The molecule has 2 aromatic carbocycles. The van der Waals surface area contributed by atoms with Gasteiger partial charge >= 0.3 is 0 Å². The quantitative estimate of drug-likeness (QED) is 0.808. The summed E-state index contributed by atoms with van der Waals surface area (Å²) in [5.74, 6) is -0.407. The van der Waals surface area contributed by atoms with Gasteiger partial charge in [0.2, 0.25) is 15.9 Å². The second kappa shape index (κ2) is 8.19. The van der Waals surface area contributed by atoms with Crippen molar-refractivity contribution in [3.63, 3.8) is 0 Å². The Morgan fingerprint density at radius 3 is 2.28 bits per heavy atom. The Hall–Kier alpha value is -1.60. The van der Waals surface area contributed by atoms with Crippen molar-refractivity contribution in [2.45, 2.75) is 18.4 Å². The molecule has 0 bridgehead atoms. The molecule has 1 amide bonds. The van der Waals surface area contributed by atoms with E-state index in [0.717, 1.165) is 9.87 Å². The molecule has 0 spiro atoms. The van der Waals surface area contributed by atoms with Crippen LogP contribution in [0.15, 0.2) is 47.4 Å². The second-order valence-electron chi connectivity index (χ2n) is 5.51. The van der Waals surface area contributed by atoms with Gasteiger partial charge < -0.3 is 5.32 Å². The Morgan fingerprint density at radius 1 is 1.08 bits per heavy atom. The smallest absolute Gasteiger partial charge is 0.243 e. The van der Waals surface area contributed by atoms with Crippen molar-refractivity contribution in [3.05, 3.63) is 63.6 Å². The third kappa shape index (κ3) is 4.95. The van der Waals surface area contributed by atoms with Crippen molar-refractivity contribution in [3.8, 4) is 0 Å². The summed E-state index contributed by atoms with van der Waals surface area (Å²) in [5, 5.41) is 3.15. The highest BCUT2D eigenvalue weighted by Crippen LogP contribution is 2.25. The van der Waals surface area contributed by atoms with Gasteiger partial charge in [-0.25, -0.2) is 8.42 Å². The summed E-state index contributed by atoms with van der Waals surface area (Å²) in [7, 11) is -2.39. The van der Waals surface area contributed by atoms with Crippen LogP contribution in [-0.4, -0.2) is 32.2 Å². The number of carbonyl (C=O) groups excluding carboxylic acids is 1. The summed E-state index contributed by atoms with van der Waals surface area (Å²) in [4.78, 5) is 11.9. The SMILES string of the molecule is CNC(=O)CN(Cc1ccc(Cl)c(Cl)c1)S(=O)(=O)c1ccc(C)cc1. The lowest BCUT2D eigenvalue weighted by Gasteiger charge is -2.22. The second-order valence-corrected chi connectivity index (χ2v) is 8.26. The minimum Gasteiger partial charge on any atom is -0.358 e. The Balaban J connectivity index is 2.38. The first-order chi connectivity index (χ1) is 11.7. The van der Waals surface area contributed by atoms with E-state index in [9.17, 15) is 13.2 Å². The van der Waals surface area contributed by atoms with Crippen LogP contribution in [0.25, 0.3) is 0 Å². The third-order valence-corrected chi connectivity index (χ3v) is 6.15. The van der Waals surface area contributed by atoms with Gasteiger partial charge in [0.25, 0.3) is 0 Å². The van der Waals surface area contributed by atoms with Gasteiger partial charge in [-0.3, -0.25) is 4.79 Å². The van der Waals surface area contributed by atoms with Crippen LogP contribution >= 0.6 is 23.2 Å². The lowest BCUT2D eigenvalue weighted by molar-refractivity contribution is -0.120. The molecule has 25 heavy (non-hydrogen) atoms. The maximum Gasteiger partial charge on any atom is 0.243 e. The lowest BCUT2D eigenvalue weighted by atomic mass is 10.2. The summed E-state index contributed by atoms with van der Waals surface area (Å²) < 4.78 is 27.0. The summed E-state index contributed by atoms with van der Waals surface area (Å²) in [5.41, 5.74) is 1.58. The number of benzene rings is 2. The van der Waals surface area contributed by atoms with Gasteiger partial charge in [0.15, 0.2) is 0 Å². The van der Waals surface area contributed by atoms with Crippen LogP contribution in [0.5, 0.6) is 0 Å². The van der Waals surface area contributed by atoms with Gasteiger partial charge in [-0.2, -0.15) is 4.31 Å². The standard InChI is InChI=1S/C17H18Cl2N2O3S/c1-12-3-6-14(7-4-12)25(23,24)21(11-17(22)20-2)10-13-5-8-15(18)16(19)9-13/h3-9H,10-11H2,1-2H3,(H,20,22). The van der Waals surface area contributed by atoms with E-state index in [1.54, 1.807) is 30.3 Å². The zero-order chi connectivity index (χ0) is 18.6. The molecular weight excluding hydrogens is 383 g/mol. The molecule has 0 heterocycles. The molecule has 2 aromatic rings. The number of hydrogen-bond acceptors (Lipinski definition) is 3. The normalized spacial score (nSPS) is 11.6. The molecule has 8 heteroatoms. The first-order valence-corrected chi connectivity index (χ1v) is 9.65. The van der Waals surface area contributed by atoms with Crippen LogP contribution < -0.4 is 5.32 Å². The molecular formula is C17H18Cl2N2O3S. The molecule has 1 N–H and O–H groups in total. The fourth-order valence-corrected chi connectivity index (χ4v) is 3.87. The Labute approximate surface area is 157 Å². The first-order valence-electron chi connectivity index (χ1n) is 7.45. The van der Waals surface area contributed by atoms with E-state index < -0.39 is 15.9 Å². The van der Waals surface area contributed by atoms with Gasteiger partial charge in [-0.15, -0.1) is 0 Å². The molecule has 0 unspecified atom stereocenters. The first kappa shape index (κ1) is 19.7. The molecule has 0 atom stereocenters. The van der Waals surface area contributed by atoms with Crippen molar-refractivity contribution in [1.82, 2.24) is 9.62 Å². The molecule has 0 aliphatic rings. The summed E-state index contributed by atoms with van der Waals surface area (Å²) in [6, 6.07) is 11.3. The fourth-order valence-electron chi connectivity index (χ4n) is 2.17. The van der Waals surface area contributed by atoms with Crippen molar-refractivity contribution in [1.29, 1.82) is 0 Å². The molecule has 0 radical (unpaired) electrons. The number of nitrogens with one attached hydrogen (secondary N) is 1. The van der Waals surface area contributed by atoms with E-state index in [0.29, 0.717) is 15.6 Å². The Morgan fingerprint density at radius 2 is 1.72 bits per heavy atom. The number of likely N-dealkylation sites (N-methyl/N-ethyl adjacent to an activating group) is 1. The van der Waals surface area contributed by atoms with Gasteiger partial charge in [0.05, 0.1) is 21.5 Å². The zero-order valence-corrected chi connectivity index (χ0v) is 16.1. The topological polar surface area (TPSA) is 66.5 Å². The molecule has 0 fully saturated rings. The number of aryl methyl sites for hydroxylation is 1. The number of rotatable bonds is 6. The monoisotopic (exact) mass is 400 g/mol. The highest BCUT2D eigenvalue weighted by Gasteiger charge is 2.26. The zero-order valence-electron chi connectivity index (χ0n) is 13.8. The molecule has 0 aromatic heterocycles. The van der Waals surface area contributed by atoms with Gasteiger partial charge in [-0.05, 0) is 36.8 Å². The van der Waals surface area contributed by atoms with Crippen molar-refractivity contribution >= 4 is 39.1 Å². The molecule has 0 aliphatic heterocycles. The number of nitrogens with zero attached hydrogens (tertiary/aromatic N) is 1. The number of amides is 1. The van der Waals surface area contributed by atoms with Crippen molar-refractivity contribution in [2.75, 3.05) is 13.6 Å². The van der Waals surface area contributed by atoms with Crippen LogP contribution in [0.3, 0.4) is 0 Å². The van der Waals surface area contributed by atoms with E-state index in [-0.39, 0.29) is 18.0 Å². The van der Waals surface area contributed by atoms with Gasteiger partial charge in [0.1, 0.15) is 0 Å². The number of hydrogen-bond donors (Lipinski definition) is 1. The van der Waals surface area contributed by atoms with Gasteiger partial charge in [0, 0.05) is 13.6 Å². The molecule has 5 nitrogen and oxygen atoms in total. The predicted octanol–water partition coefficient (Wildman–Crippen LogP) is 3.24. The minimum absolute atomic E-state index is 0.000515.